The first-order chi connectivity index (χ1) is 12.5. The fraction of sp³-hybridized carbons (Fsp3) is 0.556. The molecule has 0 amide bonds. The number of H-pyrrole nitrogens is 1. The van der Waals surface area contributed by atoms with Gasteiger partial charge in [0.1, 0.15) is 5.82 Å². The number of halogens is 2. The van der Waals surface area contributed by atoms with Crippen molar-refractivity contribution in [3.8, 4) is 11.4 Å². The molecule has 0 aliphatic heterocycles. The minimum Gasteiger partial charge on any atom is -0.262 e. The summed E-state index contributed by atoms with van der Waals surface area (Å²) >= 11 is 12.1. The van der Waals surface area contributed by atoms with E-state index in [-0.39, 0.29) is 12.0 Å². The zero-order valence-corrected chi connectivity index (χ0v) is 17.9. The fourth-order valence-electron chi connectivity index (χ4n) is 3.15. The Morgan fingerprint density at radius 2 is 1.67 bits per heavy atom. The van der Waals surface area contributed by atoms with Crippen molar-refractivity contribution in [2.45, 2.75) is 63.2 Å². The van der Waals surface area contributed by atoms with Gasteiger partial charge < -0.3 is 0 Å². The van der Waals surface area contributed by atoms with E-state index in [1.165, 1.54) is 0 Å². The highest BCUT2D eigenvalue weighted by Gasteiger charge is 2.33. The van der Waals surface area contributed by atoms with Gasteiger partial charge in [0.25, 0.3) is 0 Å². The minimum absolute atomic E-state index is 0.0281. The van der Waals surface area contributed by atoms with Crippen molar-refractivity contribution in [1.29, 1.82) is 0 Å². The SMILES string of the molecule is CC(C)(C)S(=O)(=O)NC1CCC(c2nc(-c3cc(Cl)cc(Cl)c3)n[nH]2)CC1. The average molecular weight is 431 g/mol. The molecule has 6 nitrogen and oxygen atoms in total. The van der Waals surface area contributed by atoms with Crippen LogP contribution < -0.4 is 4.72 Å². The van der Waals surface area contributed by atoms with Crippen LogP contribution in [-0.2, 0) is 10.0 Å². The van der Waals surface area contributed by atoms with E-state index in [9.17, 15) is 8.42 Å². The van der Waals surface area contributed by atoms with Crippen LogP contribution >= 0.6 is 23.2 Å². The van der Waals surface area contributed by atoms with E-state index in [0.717, 1.165) is 37.1 Å². The molecule has 9 heteroatoms. The number of benzene rings is 1. The number of hydrogen-bond donors (Lipinski definition) is 2. The summed E-state index contributed by atoms with van der Waals surface area (Å²) in [6.45, 7) is 5.12. The van der Waals surface area contributed by atoms with Crippen LogP contribution in [0, 0.1) is 0 Å². The summed E-state index contributed by atoms with van der Waals surface area (Å²) in [6, 6.07) is 5.19. The third kappa shape index (κ3) is 4.83. The molecule has 1 fully saturated rings. The molecule has 1 aliphatic carbocycles. The smallest absolute Gasteiger partial charge is 0.216 e. The molecule has 0 atom stereocenters. The number of hydrogen-bond acceptors (Lipinski definition) is 4. The summed E-state index contributed by atoms with van der Waals surface area (Å²) in [6.07, 6.45) is 3.25. The number of aromatic nitrogens is 3. The molecule has 148 valence electrons. The fourth-order valence-corrected chi connectivity index (χ4v) is 4.70. The first-order valence-corrected chi connectivity index (χ1v) is 11.2. The summed E-state index contributed by atoms with van der Waals surface area (Å²) in [5.74, 6) is 1.61. The molecule has 1 aromatic carbocycles. The summed E-state index contributed by atoms with van der Waals surface area (Å²) in [5, 5.41) is 8.38. The van der Waals surface area contributed by atoms with Gasteiger partial charge in [0, 0.05) is 27.6 Å². The van der Waals surface area contributed by atoms with Crippen LogP contribution in [0.4, 0.5) is 0 Å². The molecule has 0 radical (unpaired) electrons. The van der Waals surface area contributed by atoms with Crippen LogP contribution in [0.25, 0.3) is 11.4 Å². The normalized spacial score (nSPS) is 21.4. The molecule has 0 saturated heterocycles. The maximum atomic E-state index is 12.3. The maximum Gasteiger partial charge on any atom is 0.216 e. The van der Waals surface area contributed by atoms with E-state index in [0.29, 0.717) is 15.9 Å². The van der Waals surface area contributed by atoms with E-state index in [1.54, 1.807) is 39.0 Å². The second-order valence-electron chi connectivity index (χ2n) is 7.98. The molecule has 2 N–H and O–H groups in total. The van der Waals surface area contributed by atoms with E-state index in [2.05, 4.69) is 19.9 Å². The van der Waals surface area contributed by atoms with Crippen molar-refractivity contribution in [2.24, 2.45) is 0 Å². The molecule has 0 bridgehead atoms. The highest BCUT2D eigenvalue weighted by Crippen LogP contribution is 2.33. The van der Waals surface area contributed by atoms with Crippen molar-refractivity contribution in [3.05, 3.63) is 34.1 Å². The monoisotopic (exact) mass is 430 g/mol. The zero-order chi connectivity index (χ0) is 19.8. The van der Waals surface area contributed by atoms with Gasteiger partial charge in [0.05, 0.1) is 4.75 Å². The van der Waals surface area contributed by atoms with Crippen molar-refractivity contribution in [3.63, 3.8) is 0 Å². The lowest BCUT2D eigenvalue weighted by molar-refractivity contribution is 0.363. The number of nitrogens with one attached hydrogen (secondary N) is 2. The Hall–Kier alpha value is -1.15. The van der Waals surface area contributed by atoms with Gasteiger partial charge in [-0.3, -0.25) is 5.10 Å². The van der Waals surface area contributed by atoms with Crippen molar-refractivity contribution in [1.82, 2.24) is 19.9 Å². The topological polar surface area (TPSA) is 87.7 Å². The van der Waals surface area contributed by atoms with Gasteiger partial charge in [0.15, 0.2) is 5.82 Å². The first-order valence-electron chi connectivity index (χ1n) is 8.96. The third-order valence-corrected chi connectivity index (χ3v) is 7.56. The highest BCUT2D eigenvalue weighted by atomic mass is 35.5. The van der Waals surface area contributed by atoms with Crippen LogP contribution in [0.5, 0.6) is 0 Å². The van der Waals surface area contributed by atoms with Gasteiger partial charge >= 0.3 is 0 Å². The molecule has 1 aliphatic rings. The number of rotatable bonds is 4. The van der Waals surface area contributed by atoms with E-state index < -0.39 is 14.8 Å². The van der Waals surface area contributed by atoms with Gasteiger partial charge in [-0.2, -0.15) is 5.10 Å². The van der Waals surface area contributed by atoms with Gasteiger partial charge in [-0.15, -0.1) is 0 Å². The van der Waals surface area contributed by atoms with E-state index in [4.69, 9.17) is 23.2 Å². The van der Waals surface area contributed by atoms with Gasteiger partial charge in [0.2, 0.25) is 10.0 Å². The predicted octanol–water partition coefficient (Wildman–Crippen LogP) is 4.52. The summed E-state index contributed by atoms with van der Waals surface area (Å²) < 4.78 is 26.7. The van der Waals surface area contributed by atoms with Crippen LogP contribution in [0.2, 0.25) is 10.0 Å². The Bertz CT molecular complexity index is 893. The molecule has 2 aromatic rings. The Kier molecular flexibility index (Phi) is 5.87. The van der Waals surface area contributed by atoms with Gasteiger partial charge in [-0.05, 0) is 64.7 Å². The van der Waals surface area contributed by atoms with Crippen LogP contribution in [-0.4, -0.2) is 34.4 Å². The highest BCUT2D eigenvalue weighted by molar-refractivity contribution is 7.90. The Labute approximate surface area is 170 Å². The average Bonchev–Trinajstić information content (AvgIpc) is 3.03. The molecular weight excluding hydrogens is 407 g/mol. The molecule has 1 heterocycles. The van der Waals surface area contributed by atoms with Crippen LogP contribution in [0.15, 0.2) is 18.2 Å². The van der Waals surface area contributed by atoms with Crippen molar-refractivity contribution in [2.75, 3.05) is 0 Å². The standard InChI is InChI=1S/C18H24Cl2N4O2S/c1-18(2,3)27(25,26)24-15-6-4-11(5-7-15)16-21-17(23-22-16)12-8-13(19)10-14(20)9-12/h8-11,15,24H,4-7H2,1-3H3,(H,21,22,23). The summed E-state index contributed by atoms with van der Waals surface area (Å²) in [5.41, 5.74) is 0.765. The number of nitrogens with zero attached hydrogens (tertiary/aromatic N) is 2. The lowest BCUT2D eigenvalue weighted by Crippen LogP contribution is -2.45. The predicted molar refractivity (Wildman–Crippen MR) is 109 cm³/mol. The number of aromatic amines is 1. The van der Waals surface area contributed by atoms with Crippen LogP contribution in [0.3, 0.4) is 0 Å². The van der Waals surface area contributed by atoms with Crippen molar-refractivity contribution < 1.29 is 8.42 Å². The lowest BCUT2D eigenvalue weighted by Gasteiger charge is -2.30. The Morgan fingerprint density at radius 3 is 2.22 bits per heavy atom. The Balaban J connectivity index is 1.65. The molecule has 1 aromatic heterocycles. The Morgan fingerprint density at radius 1 is 1.07 bits per heavy atom. The number of sulfonamides is 1. The summed E-state index contributed by atoms with van der Waals surface area (Å²) in [4.78, 5) is 4.60. The van der Waals surface area contributed by atoms with E-state index >= 15 is 0 Å². The molecule has 27 heavy (non-hydrogen) atoms. The largest absolute Gasteiger partial charge is 0.262 e. The second-order valence-corrected chi connectivity index (χ2v) is 11.3. The first kappa shape index (κ1) is 20.6. The van der Waals surface area contributed by atoms with E-state index in [1.807, 2.05) is 0 Å². The molecule has 0 unspecified atom stereocenters. The second kappa shape index (κ2) is 7.70. The van der Waals surface area contributed by atoms with Gasteiger partial charge in [-0.1, -0.05) is 23.2 Å². The van der Waals surface area contributed by atoms with Crippen LogP contribution in [0.1, 0.15) is 58.2 Å². The maximum absolute atomic E-state index is 12.3. The zero-order valence-electron chi connectivity index (χ0n) is 15.6. The van der Waals surface area contributed by atoms with Gasteiger partial charge in [-0.25, -0.2) is 18.1 Å². The van der Waals surface area contributed by atoms with Crippen molar-refractivity contribution >= 4 is 33.2 Å². The lowest BCUT2D eigenvalue weighted by atomic mass is 9.86. The molecule has 0 spiro atoms. The quantitative estimate of drug-likeness (QED) is 0.745. The summed E-state index contributed by atoms with van der Waals surface area (Å²) in [7, 11) is -3.33. The minimum atomic E-state index is -3.33. The molecule has 1 saturated carbocycles. The molecule has 3 rings (SSSR count). The third-order valence-electron chi connectivity index (χ3n) is 4.87. The molecular formula is C18H24Cl2N4O2S.